The van der Waals surface area contributed by atoms with Gasteiger partial charge in [0, 0.05) is 35.4 Å². The van der Waals surface area contributed by atoms with Gasteiger partial charge in [-0.05, 0) is 105 Å². The van der Waals surface area contributed by atoms with E-state index in [1.54, 1.807) is 0 Å². The monoisotopic (exact) mass is 1440 g/mol. The molecular formula is C22H70O7P32. The lowest BCUT2D eigenvalue weighted by atomic mass is 9.49. The topological polar surface area (TPSA) is 94.5 Å². The van der Waals surface area contributed by atoms with Crippen LogP contribution in [0.4, 0.5) is 0 Å². The predicted octanol–water partition coefficient (Wildman–Crippen LogP) is 20.3. The number of ketones is 1. The first-order chi connectivity index (χ1) is 28.0. The number of hydrogen-bond donors (Lipinski definition) is 2. The fourth-order valence-corrected chi connectivity index (χ4v) is 204. The van der Waals surface area contributed by atoms with Crippen LogP contribution in [-0.4, -0.2) is 52.6 Å². The van der Waals surface area contributed by atoms with Crippen LogP contribution < -0.4 is 0 Å². The molecule has 2 aliphatic rings. The van der Waals surface area contributed by atoms with Crippen LogP contribution >= 0.6 is 261 Å². The molecule has 2 aliphatic carbocycles. The second-order valence-electron chi connectivity index (χ2n) is 15.0. The minimum atomic E-state index is -1.65. The Labute approximate surface area is 426 Å². The summed E-state index contributed by atoms with van der Waals surface area (Å²) in [6.45, 7) is 7.29. The van der Waals surface area contributed by atoms with Crippen molar-refractivity contribution < 1.29 is 33.1 Å². The van der Waals surface area contributed by atoms with Crippen LogP contribution in [0.25, 0.3) is 0 Å². The fourth-order valence-electron chi connectivity index (χ4n) is 7.83. The van der Waals surface area contributed by atoms with Crippen LogP contribution in [0.5, 0.6) is 0 Å². The maximum atomic E-state index is 16.0. The van der Waals surface area contributed by atoms with E-state index in [1.807, 2.05) is 20.8 Å². The molecule has 360 valence electrons. The first kappa shape index (κ1) is 70.0. The average Bonchev–Trinajstić information content (AvgIpc) is 3.13. The summed E-state index contributed by atoms with van der Waals surface area (Å²) in [6, 6.07) is 0. The first-order valence-electron chi connectivity index (χ1n) is 17.8. The Bertz CT molecular complexity index is 1380. The highest BCUT2D eigenvalue weighted by atomic mass is 33.2. The number of aliphatic hydroxyl groups is 2. The van der Waals surface area contributed by atoms with Gasteiger partial charge >= 0.3 is 0 Å². The molecule has 2 rings (SSSR count). The lowest BCUT2D eigenvalue weighted by molar-refractivity contribution is -0.229. The van der Waals surface area contributed by atoms with Gasteiger partial charge in [0.25, 0.3) is 0 Å². The number of hydrogen-bond acceptors (Lipinski definition) is 7. The smallest absolute Gasteiger partial charge is 0.170 e. The Morgan fingerprint density at radius 3 is 1.74 bits per heavy atom. The van der Waals surface area contributed by atoms with Crippen LogP contribution in [0.15, 0.2) is 11.6 Å². The number of carbonyl (C=O) groups is 1. The fraction of sp³-hybridized carbons (Fsp3) is 0.864. The van der Waals surface area contributed by atoms with Gasteiger partial charge in [-0.15, -0.1) is 134 Å². The van der Waals surface area contributed by atoms with E-state index in [9.17, 15) is 10.2 Å². The molecule has 0 saturated heterocycles. The third-order valence-corrected chi connectivity index (χ3v) is 152. The second kappa shape index (κ2) is 33.0. The van der Waals surface area contributed by atoms with Crippen molar-refractivity contribution in [1.82, 2.24) is 0 Å². The van der Waals surface area contributed by atoms with E-state index in [-0.39, 0.29) is 47.3 Å². The summed E-state index contributed by atoms with van der Waals surface area (Å²) < 4.78 is 29.0. The van der Waals surface area contributed by atoms with E-state index >= 15 is 4.79 Å². The summed E-state index contributed by atoms with van der Waals surface area (Å²) in [5.41, 5.74) is -2.12. The molecule has 0 heterocycles. The zero-order chi connectivity index (χ0) is 47.3. The van der Waals surface area contributed by atoms with E-state index in [4.69, 9.17) is 18.1 Å². The van der Waals surface area contributed by atoms with Gasteiger partial charge in [-0.2, -0.15) is 0 Å². The molecule has 0 spiro atoms. The molecule has 0 amide bonds. The zero-order valence-electron chi connectivity index (χ0n) is 34.8. The van der Waals surface area contributed by atoms with E-state index < -0.39 is 125 Å². The highest BCUT2D eigenvalue weighted by molar-refractivity contribution is 9.19. The van der Waals surface area contributed by atoms with Crippen molar-refractivity contribution in [2.45, 2.75) is 84.4 Å². The van der Waals surface area contributed by atoms with Crippen molar-refractivity contribution in [3.63, 3.8) is 0 Å². The summed E-state index contributed by atoms with van der Waals surface area (Å²) in [4.78, 5) is 16.0. The molecule has 24 unspecified atom stereocenters. The van der Waals surface area contributed by atoms with Crippen LogP contribution in [0, 0.1) is 28.6 Å². The molecule has 0 aliphatic heterocycles. The molecule has 0 bridgehead atoms. The summed E-state index contributed by atoms with van der Waals surface area (Å²) >= 11 is 0. The van der Waals surface area contributed by atoms with Gasteiger partial charge in [0.15, 0.2) is 5.78 Å². The Balaban J connectivity index is 3.02. The molecule has 39 heteroatoms. The van der Waals surface area contributed by atoms with Gasteiger partial charge in [0.2, 0.25) is 0 Å². The number of carbonyl (C=O) groups excluding carboxylic acids is 1. The Kier molecular flexibility index (Phi) is 37.9. The Morgan fingerprint density at radius 2 is 1.33 bits per heavy atom. The van der Waals surface area contributed by atoms with Crippen LogP contribution in [0.2, 0.25) is 0 Å². The quantitative estimate of drug-likeness (QED) is 0.0734. The summed E-state index contributed by atoms with van der Waals surface area (Å²) in [7, 11) is 49.4. The average molecular weight is 1440 g/mol. The van der Waals surface area contributed by atoms with Gasteiger partial charge in [-0.25, -0.2) is 0 Å². The van der Waals surface area contributed by atoms with Gasteiger partial charge in [-0.1, -0.05) is 52.7 Å². The summed E-state index contributed by atoms with van der Waals surface area (Å²) in [5, 5.41) is 24.8. The summed E-state index contributed by atoms with van der Waals surface area (Å²) in [6.07, 6.45) is 1.35. The minimum absolute atomic E-state index is 0.000309. The normalized spacial score (nSPS) is 31.0. The lowest BCUT2D eigenvalue weighted by Crippen LogP contribution is -2.70. The highest BCUT2D eigenvalue weighted by Gasteiger charge is 2.67. The maximum Gasteiger partial charge on any atom is 0.170 e. The van der Waals surface area contributed by atoms with E-state index in [2.05, 4.69) is 179 Å². The molecule has 2 N–H and O–H groups in total. The second-order valence-corrected chi connectivity index (χ2v) is 123. The third-order valence-electron chi connectivity index (χ3n) is 10.7. The zero-order valence-corrected chi connectivity index (χ0v) is 68.1. The molecule has 0 aromatic heterocycles. The molecule has 1 saturated carbocycles. The van der Waals surface area contributed by atoms with Crippen LogP contribution in [-0.2, 0) is 22.9 Å². The van der Waals surface area contributed by atoms with Crippen molar-refractivity contribution in [3.8, 4) is 0 Å². The molecule has 32 atom stereocenters. The van der Waals surface area contributed by atoms with E-state index in [1.165, 1.54) is 5.57 Å². The van der Waals surface area contributed by atoms with Crippen LogP contribution in [0.1, 0.15) is 54.4 Å². The molecule has 1 fully saturated rings. The van der Waals surface area contributed by atoms with Gasteiger partial charge < -0.3 is 28.3 Å². The number of allylic oxidation sites excluding steroid dienone is 1. The minimum Gasteiger partial charge on any atom is -0.393 e. The number of rotatable bonds is 24. The predicted molar refractivity (Wildman–Crippen MR) is 375 cm³/mol. The van der Waals surface area contributed by atoms with Crippen molar-refractivity contribution in [2.75, 3.05) is 6.61 Å². The molecule has 0 aromatic carbocycles. The van der Waals surface area contributed by atoms with E-state index in [0.29, 0.717) is 20.8 Å². The lowest BCUT2D eigenvalue weighted by Gasteiger charge is -2.61. The van der Waals surface area contributed by atoms with Crippen molar-refractivity contribution in [3.05, 3.63) is 11.6 Å². The van der Waals surface area contributed by atoms with Gasteiger partial charge in [0.1, 0.15) is 6.10 Å². The summed E-state index contributed by atoms with van der Waals surface area (Å²) in [5.74, 6) is -1.47. The van der Waals surface area contributed by atoms with Gasteiger partial charge in [0.05, 0.1) is 58.5 Å². The van der Waals surface area contributed by atoms with Gasteiger partial charge in [-0.3, -0.25) is 4.79 Å². The molecule has 0 radical (unpaired) electrons. The molecular weight excluding hydrogens is 1370 g/mol. The number of Topliss-reactive ketones (excluding diaryl/α,β-unsaturated/α-hetero) is 1. The standard InChI is InChI=1S/C22H70O7P32/c1-11-9-20(4,5)14(8-15(11)28-51(59(46)55(38)39)61(57(42)43)58(44)45)17(26-47-30)18-21(6,19(24)13(3)27-50(54(36)37)60(48-31)56(40)41)16(7-12(2)22(18,25)10-23)29-49(52(32)33)53(34)35/h9,12-18,23,25,47-48H,7-8,10,30-46H2,1-6H3/t12-,13+,14?,15-,16-,17+,18-,21+,22-,50?,51?,59?,60?/m0/s1. The Hall–Kier alpha value is 12.9. The van der Waals surface area contributed by atoms with Crippen molar-refractivity contribution in [1.29, 1.82) is 0 Å². The first-order valence-corrected chi connectivity index (χ1v) is 72.7. The molecule has 0 aromatic rings. The van der Waals surface area contributed by atoms with Crippen molar-refractivity contribution >= 4 is 266 Å². The van der Waals surface area contributed by atoms with Crippen LogP contribution in [0.3, 0.4) is 0 Å². The largest absolute Gasteiger partial charge is 0.393 e. The highest BCUT2D eigenvalue weighted by Crippen LogP contribution is 3.18. The molecule has 61 heavy (non-hydrogen) atoms. The SMILES string of the molecule is CC1=CC(C)(C)C([C@@H](OPP)[C@@H]2[C@](O)(CO)[C@@H](C)C[C@H](OP(P(P)P)P(P)P)[C@@]2(C)C(=O)[C@@H](C)OP(P(P)P)P(PP)P(P)P)C[C@@H]1OP(P(P)P(P)P)P(P(P)P)P(P)P. The third kappa shape index (κ3) is 19.3. The van der Waals surface area contributed by atoms with Crippen molar-refractivity contribution in [2.24, 2.45) is 28.6 Å². The Morgan fingerprint density at radius 1 is 0.803 bits per heavy atom. The maximum absolute atomic E-state index is 16.0. The number of aliphatic hydroxyl groups excluding tert-OH is 1. The molecule has 7 nitrogen and oxygen atoms in total. The van der Waals surface area contributed by atoms with E-state index in [0.717, 1.165) is 0 Å².